The molecule has 0 aromatic heterocycles. The molecule has 2 atom stereocenters. The fraction of sp³-hybridized carbons (Fsp3) is 0.800. The van der Waals surface area contributed by atoms with Gasteiger partial charge in [-0.1, -0.05) is 0 Å². The van der Waals surface area contributed by atoms with E-state index >= 15 is 0 Å². The maximum atomic E-state index is 11.4. The van der Waals surface area contributed by atoms with Gasteiger partial charge in [0.15, 0.2) is 6.10 Å². The molecule has 0 aliphatic rings. The summed E-state index contributed by atoms with van der Waals surface area (Å²) in [5, 5.41) is 0. The number of ether oxygens (including phenoxy) is 3. The molecular weight excluding hydrogens is 214 g/mol. The van der Waals surface area contributed by atoms with E-state index in [0.29, 0.717) is 0 Å². The van der Waals surface area contributed by atoms with E-state index in [9.17, 15) is 9.59 Å². The lowest BCUT2D eigenvalue weighted by Gasteiger charge is -2.20. The van der Waals surface area contributed by atoms with Crippen LogP contribution in [0.3, 0.4) is 0 Å². The Morgan fingerprint density at radius 3 is 1.94 bits per heavy atom. The first kappa shape index (κ1) is 14.9. The van der Waals surface area contributed by atoms with Gasteiger partial charge in [-0.2, -0.15) is 0 Å². The van der Waals surface area contributed by atoms with Crippen LogP contribution in [0.15, 0.2) is 0 Å². The van der Waals surface area contributed by atoms with Gasteiger partial charge in [0.1, 0.15) is 6.04 Å². The number of esters is 2. The summed E-state index contributed by atoms with van der Waals surface area (Å²) < 4.78 is 14.5. The van der Waals surface area contributed by atoms with E-state index in [1.54, 1.807) is 20.8 Å². The van der Waals surface area contributed by atoms with Crippen LogP contribution in [0.4, 0.5) is 0 Å². The SMILES string of the molecule is CCOC(=O)[C@@H](OCC)[C@@H](N)C(=O)OCC. The van der Waals surface area contributed by atoms with Gasteiger partial charge >= 0.3 is 11.9 Å². The minimum atomic E-state index is -1.15. The van der Waals surface area contributed by atoms with Crippen molar-refractivity contribution in [2.75, 3.05) is 19.8 Å². The van der Waals surface area contributed by atoms with Gasteiger partial charge in [0.2, 0.25) is 0 Å². The molecule has 0 aromatic rings. The molecule has 0 heterocycles. The maximum absolute atomic E-state index is 11.4. The summed E-state index contributed by atoms with van der Waals surface area (Å²) in [7, 11) is 0. The highest BCUT2D eigenvalue weighted by molar-refractivity contribution is 5.86. The Balaban J connectivity index is 4.50. The van der Waals surface area contributed by atoms with Crippen LogP contribution in [-0.4, -0.2) is 43.9 Å². The zero-order chi connectivity index (χ0) is 12.6. The van der Waals surface area contributed by atoms with Crippen LogP contribution in [0.2, 0.25) is 0 Å². The predicted molar refractivity (Wildman–Crippen MR) is 56.7 cm³/mol. The third-order valence-electron chi connectivity index (χ3n) is 1.75. The van der Waals surface area contributed by atoms with Crippen molar-refractivity contribution in [1.82, 2.24) is 0 Å². The third kappa shape index (κ3) is 4.59. The number of carbonyl (C=O) groups excluding carboxylic acids is 2. The lowest BCUT2D eigenvalue weighted by molar-refractivity contribution is -0.165. The molecule has 0 aromatic carbocycles. The summed E-state index contributed by atoms with van der Waals surface area (Å²) in [4.78, 5) is 22.8. The quantitative estimate of drug-likeness (QED) is 0.615. The van der Waals surface area contributed by atoms with Crippen LogP contribution >= 0.6 is 0 Å². The summed E-state index contributed by atoms with van der Waals surface area (Å²) in [5.74, 6) is -1.32. The molecule has 0 spiro atoms. The van der Waals surface area contributed by atoms with Crippen LogP contribution in [0.25, 0.3) is 0 Å². The lowest BCUT2D eigenvalue weighted by atomic mass is 10.2. The standard InChI is InChI=1S/C10H19NO5/c1-4-14-8(10(13)16-6-3)7(11)9(12)15-5-2/h7-8H,4-6,11H2,1-3H3/t7-,8+/m1/s1. The largest absolute Gasteiger partial charge is 0.465 e. The van der Waals surface area contributed by atoms with Crippen LogP contribution in [0, 0.1) is 0 Å². The zero-order valence-corrected chi connectivity index (χ0v) is 9.89. The van der Waals surface area contributed by atoms with Gasteiger partial charge in [-0.25, -0.2) is 4.79 Å². The second kappa shape index (κ2) is 8.06. The van der Waals surface area contributed by atoms with Crippen molar-refractivity contribution in [3.63, 3.8) is 0 Å². The van der Waals surface area contributed by atoms with Gasteiger partial charge in [0, 0.05) is 6.61 Å². The van der Waals surface area contributed by atoms with Crippen molar-refractivity contribution in [3.05, 3.63) is 0 Å². The van der Waals surface area contributed by atoms with E-state index in [0.717, 1.165) is 0 Å². The summed E-state index contributed by atoms with van der Waals surface area (Å²) in [6.07, 6.45) is -1.11. The summed E-state index contributed by atoms with van der Waals surface area (Å²) in [5.41, 5.74) is 5.56. The maximum Gasteiger partial charge on any atom is 0.337 e. The van der Waals surface area contributed by atoms with E-state index in [-0.39, 0.29) is 19.8 Å². The van der Waals surface area contributed by atoms with Crippen LogP contribution in [0.1, 0.15) is 20.8 Å². The van der Waals surface area contributed by atoms with E-state index in [2.05, 4.69) is 0 Å². The number of carbonyl (C=O) groups is 2. The van der Waals surface area contributed by atoms with Gasteiger partial charge in [-0.3, -0.25) is 4.79 Å². The van der Waals surface area contributed by atoms with Crippen molar-refractivity contribution >= 4 is 11.9 Å². The normalized spacial score (nSPS) is 14.0. The van der Waals surface area contributed by atoms with Crippen LogP contribution < -0.4 is 5.73 Å². The molecule has 0 aliphatic heterocycles. The summed E-state index contributed by atoms with van der Waals surface area (Å²) in [6.45, 7) is 5.69. The van der Waals surface area contributed by atoms with Crippen molar-refractivity contribution in [1.29, 1.82) is 0 Å². The number of rotatable bonds is 7. The molecule has 0 amide bonds. The molecule has 0 radical (unpaired) electrons. The van der Waals surface area contributed by atoms with Crippen molar-refractivity contribution in [2.24, 2.45) is 5.73 Å². The van der Waals surface area contributed by atoms with E-state index in [1.807, 2.05) is 0 Å². The zero-order valence-electron chi connectivity index (χ0n) is 9.89. The fourth-order valence-corrected chi connectivity index (χ4v) is 1.08. The highest BCUT2D eigenvalue weighted by atomic mass is 16.6. The Kier molecular flexibility index (Phi) is 7.49. The highest BCUT2D eigenvalue weighted by Gasteiger charge is 2.33. The van der Waals surface area contributed by atoms with Gasteiger partial charge in [0.25, 0.3) is 0 Å². The Bertz CT molecular complexity index is 231. The van der Waals surface area contributed by atoms with Gasteiger partial charge in [0.05, 0.1) is 13.2 Å². The summed E-state index contributed by atoms with van der Waals surface area (Å²) in [6, 6.07) is -1.15. The molecule has 94 valence electrons. The second-order valence-corrected chi connectivity index (χ2v) is 2.91. The Morgan fingerprint density at radius 1 is 1.00 bits per heavy atom. The third-order valence-corrected chi connectivity index (χ3v) is 1.75. The predicted octanol–water partition coefficient (Wildman–Crippen LogP) is -0.155. The van der Waals surface area contributed by atoms with E-state index < -0.39 is 24.1 Å². The van der Waals surface area contributed by atoms with Crippen molar-refractivity contribution < 1.29 is 23.8 Å². The molecule has 6 nitrogen and oxygen atoms in total. The van der Waals surface area contributed by atoms with Gasteiger partial charge in [-0.05, 0) is 20.8 Å². The Labute approximate surface area is 95.0 Å². The topological polar surface area (TPSA) is 87.9 Å². The first-order chi connectivity index (χ1) is 7.58. The fourth-order valence-electron chi connectivity index (χ4n) is 1.08. The summed E-state index contributed by atoms with van der Waals surface area (Å²) >= 11 is 0. The average Bonchev–Trinajstić information content (AvgIpc) is 2.25. The molecule has 0 saturated heterocycles. The molecule has 0 bridgehead atoms. The average molecular weight is 233 g/mol. The van der Waals surface area contributed by atoms with Gasteiger partial charge in [-0.15, -0.1) is 0 Å². The Hall–Kier alpha value is -1.14. The van der Waals surface area contributed by atoms with E-state index in [4.69, 9.17) is 19.9 Å². The number of hydrogen-bond donors (Lipinski definition) is 1. The monoisotopic (exact) mass is 233 g/mol. The van der Waals surface area contributed by atoms with Gasteiger partial charge < -0.3 is 19.9 Å². The Morgan fingerprint density at radius 2 is 1.50 bits per heavy atom. The van der Waals surface area contributed by atoms with Crippen molar-refractivity contribution in [3.8, 4) is 0 Å². The molecule has 0 saturated carbocycles. The molecule has 2 N–H and O–H groups in total. The lowest BCUT2D eigenvalue weighted by Crippen LogP contribution is -2.49. The number of hydrogen-bond acceptors (Lipinski definition) is 6. The smallest absolute Gasteiger partial charge is 0.337 e. The highest BCUT2D eigenvalue weighted by Crippen LogP contribution is 2.03. The van der Waals surface area contributed by atoms with Crippen LogP contribution in [0.5, 0.6) is 0 Å². The number of nitrogens with two attached hydrogens (primary N) is 1. The second-order valence-electron chi connectivity index (χ2n) is 2.91. The first-order valence-electron chi connectivity index (χ1n) is 5.28. The first-order valence-corrected chi connectivity index (χ1v) is 5.28. The molecule has 6 heteroatoms. The minimum Gasteiger partial charge on any atom is -0.465 e. The molecule has 16 heavy (non-hydrogen) atoms. The molecule has 0 rings (SSSR count). The molecular formula is C10H19NO5. The van der Waals surface area contributed by atoms with E-state index in [1.165, 1.54) is 0 Å². The molecule has 0 aliphatic carbocycles. The van der Waals surface area contributed by atoms with Crippen LogP contribution in [-0.2, 0) is 23.8 Å². The molecule has 0 unspecified atom stereocenters. The minimum absolute atomic E-state index is 0.203. The van der Waals surface area contributed by atoms with Crippen molar-refractivity contribution in [2.45, 2.75) is 32.9 Å². The molecule has 0 fully saturated rings.